The average Bonchev–Trinajstić information content (AvgIpc) is 1.64. The van der Waals surface area contributed by atoms with Crippen LogP contribution in [0.4, 0.5) is 44.5 Å². The minimum Gasteiger partial charge on any atom is -0.481 e. The standard InChI is InChI=1S/C33H50N6O5.C28H42N6O4.C5H10O2/c1-10-37(11-2)30-34-22-26(39(12-3)29(41)32(4,5)6)27(36-30)35-25(28(40)44-33(7,8)9)21-23-15-17-24(18-16-23)43-31(42)38-19-13-14-20-38;1-7-29-23-19-30-26(33(8-2)9-3)32-24(23)31-22(25(35)38-28(4,5)6)18-20-12-14-21(15-13-20)37-27(36)34-16-10-11-17-34;1-5(2,3)4(6)7/h15-18,22,25H,10-14,19-21H2,1-9H3,(H,34,35,36);12-15,19,22,29H,7-11,16-18H2,1-6H3,(H,30,31,32);1-3H3,(H,6,7)/t25-;22-;/m11./s1. The van der Waals surface area contributed by atoms with E-state index in [1.54, 1.807) is 72.1 Å². The lowest BCUT2D eigenvalue weighted by Crippen LogP contribution is -2.42. The molecule has 2 aliphatic rings. The maximum absolute atomic E-state index is 13.6. The first-order valence-electron chi connectivity index (χ1n) is 31.4. The number of carboxylic acids is 1. The number of hydrogen-bond acceptors (Lipinski definition) is 19. The second-order valence-corrected chi connectivity index (χ2v) is 25.8. The van der Waals surface area contributed by atoms with Crippen molar-refractivity contribution in [3.8, 4) is 11.5 Å². The summed E-state index contributed by atoms with van der Waals surface area (Å²) >= 11 is 0. The molecule has 2 atom stereocenters. The highest BCUT2D eigenvalue weighted by Crippen LogP contribution is 2.32. The number of benzene rings is 2. The molecule has 0 saturated carbocycles. The summed E-state index contributed by atoms with van der Waals surface area (Å²) < 4.78 is 22.6. The van der Waals surface area contributed by atoms with Crippen LogP contribution in [0.1, 0.15) is 161 Å². The molecule has 2 aromatic carbocycles. The number of rotatable bonds is 22. The van der Waals surface area contributed by atoms with E-state index in [0.717, 1.165) is 63.0 Å². The summed E-state index contributed by atoms with van der Waals surface area (Å²) in [5.74, 6) is 1.22. The summed E-state index contributed by atoms with van der Waals surface area (Å²) in [6.07, 6.45) is 7.30. The fourth-order valence-corrected chi connectivity index (χ4v) is 9.07. The zero-order chi connectivity index (χ0) is 66.4. The molecule has 2 saturated heterocycles. The molecule has 492 valence electrons. The number of carbonyl (C=O) groups excluding carboxylic acids is 5. The molecule has 23 heteroatoms. The van der Waals surface area contributed by atoms with Crippen LogP contribution < -0.4 is 40.1 Å². The van der Waals surface area contributed by atoms with E-state index < -0.39 is 46.1 Å². The van der Waals surface area contributed by atoms with Crippen LogP contribution in [0, 0.1) is 10.8 Å². The second kappa shape index (κ2) is 33.6. The molecule has 23 nitrogen and oxygen atoms in total. The van der Waals surface area contributed by atoms with Crippen molar-refractivity contribution < 1.29 is 52.8 Å². The van der Waals surface area contributed by atoms with E-state index in [1.165, 1.54) is 0 Å². The zero-order valence-electron chi connectivity index (χ0n) is 56.3. The van der Waals surface area contributed by atoms with Gasteiger partial charge in [-0.15, -0.1) is 0 Å². The van der Waals surface area contributed by atoms with Crippen LogP contribution in [-0.4, -0.2) is 160 Å². The Hall–Kier alpha value is -7.98. The first kappa shape index (κ1) is 73.5. The average molecular weight is 1240 g/mol. The molecular weight excluding hydrogens is 1140 g/mol. The Morgan fingerprint density at radius 3 is 1.25 bits per heavy atom. The smallest absolute Gasteiger partial charge is 0.415 e. The predicted molar refractivity (Wildman–Crippen MR) is 350 cm³/mol. The fourth-order valence-electron chi connectivity index (χ4n) is 9.07. The van der Waals surface area contributed by atoms with E-state index in [9.17, 15) is 28.8 Å². The summed E-state index contributed by atoms with van der Waals surface area (Å²) in [4.78, 5) is 103. The van der Waals surface area contributed by atoms with E-state index in [2.05, 4.69) is 25.9 Å². The number of likely N-dealkylation sites (tertiary alicyclic amines) is 2. The van der Waals surface area contributed by atoms with Crippen molar-refractivity contribution in [2.75, 3.05) is 96.1 Å². The maximum Gasteiger partial charge on any atom is 0.415 e. The molecule has 0 aliphatic carbocycles. The largest absolute Gasteiger partial charge is 0.481 e. The number of hydrogen-bond donors (Lipinski definition) is 4. The Kier molecular flexibility index (Phi) is 27.7. The Bertz CT molecular complexity index is 2910. The zero-order valence-corrected chi connectivity index (χ0v) is 56.3. The van der Waals surface area contributed by atoms with Gasteiger partial charge >= 0.3 is 30.1 Å². The van der Waals surface area contributed by atoms with Crippen molar-refractivity contribution in [2.45, 2.75) is 186 Å². The van der Waals surface area contributed by atoms with Gasteiger partial charge in [-0.05, 0) is 165 Å². The van der Waals surface area contributed by atoms with Gasteiger partial charge in [0.15, 0.2) is 11.6 Å². The molecule has 0 bridgehead atoms. The van der Waals surface area contributed by atoms with Crippen LogP contribution in [0.2, 0.25) is 0 Å². The topological polar surface area (TPSA) is 263 Å². The van der Waals surface area contributed by atoms with Gasteiger partial charge in [-0.25, -0.2) is 29.1 Å². The molecule has 2 fully saturated rings. The van der Waals surface area contributed by atoms with Gasteiger partial charge in [0.05, 0.1) is 23.5 Å². The highest BCUT2D eigenvalue weighted by atomic mass is 16.6. The van der Waals surface area contributed by atoms with Gasteiger partial charge in [0.2, 0.25) is 17.8 Å². The molecule has 4 N–H and O–H groups in total. The number of esters is 2. The summed E-state index contributed by atoms with van der Waals surface area (Å²) in [6, 6.07) is 12.8. The third-order valence-electron chi connectivity index (χ3n) is 14.0. The number of amides is 3. The van der Waals surface area contributed by atoms with Crippen LogP contribution in [-0.2, 0) is 41.5 Å². The van der Waals surface area contributed by atoms with Crippen LogP contribution in [0.25, 0.3) is 0 Å². The van der Waals surface area contributed by atoms with Crippen molar-refractivity contribution in [2.24, 2.45) is 10.8 Å². The molecule has 89 heavy (non-hydrogen) atoms. The minimum atomic E-state index is -0.839. The molecule has 0 unspecified atom stereocenters. The van der Waals surface area contributed by atoms with Gasteiger partial charge < -0.3 is 64.5 Å². The van der Waals surface area contributed by atoms with Gasteiger partial charge in [-0.3, -0.25) is 9.59 Å². The van der Waals surface area contributed by atoms with E-state index in [4.69, 9.17) is 34.0 Å². The summed E-state index contributed by atoms with van der Waals surface area (Å²) in [5, 5.41) is 18.2. The molecule has 2 aliphatic heterocycles. The van der Waals surface area contributed by atoms with Crippen LogP contribution >= 0.6 is 0 Å². The van der Waals surface area contributed by atoms with E-state index in [1.807, 2.05) is 138 Å². The highest BCUT2D eigenvalue weighted by molar-refractivity contribution is 5.99. The lowest BCUT2D eigenvalue weighted by molar-refractivity contribution is -0.156. The quantitative estimate of drug-likeness (QED) is 0.0533. The molecule has 4 aromatic rings. The van der Waals surface area contributed by atoms with Gasteiger partial charge in [-0.2, -0.15) is 9.97 Å². The number of carboxylic acid groups (broad SMARTS) is 1. The Morgan fingerprint density at radius 1 is 0.539 bits per heavy atom. The SMILES string of the molecule is CC(C)(C)C(=O)O.CCN(CC)c1ncc(N(CC)C(=O)C(C)(C)C)c(N[C@H](Cc2ccc(OC(=O)N3CCCC3)cc2)C(=O)OC(C)(C)C)n1.CCNc1cnc(N(CC)CC)nc1N[C@H](Cc1ccc(OC(=O)N2CCCC2)cc1)C(=O)OC(C)(C)C. The number of anilines is 6. The van der Waals surface area contributed by atoms with Crippen molar-refractivity contribution in [3.05, 3.63) is 72.1 Å². The molecule has 3 amide bonds. The number of aromatic nitrogens is 4. The Labute approximate surface area is 528 Å². The van der Waals surface area contributed by atoms with Gasteiger partial charge in [0.25, 0.3) is 0 Å². The summed E-state index contributed by atoms with van der Waals surface area (Å²) in [6.45, 7) is 40.5. The molecular formula is C66H102N12O11. The number of carbonyl (C=O) groups is 6. The van der Waals surface area contributed by atoms with Crippen LogP contribution in [0.5, 0.6) is 11.5 Å². The van der Waals surface area contributed by atoms with E-state index in [0.29, 0.717) is 92.1 Å². The molecule has 0 spiro atoms. The Balaban J connectivity index is 0.000000346. The first-order chi connectivity index (χ1) is 41.7. The summed E-state index contributed by atoms with van der Waals surface area (Å²) in [7, 11) is 0. The maximum atomic E-state index is 13.6. The van der Waals surface area contributed by atoms with Gasteiger partial charge in [0.1, 0.15) is 40.5 Å². The first-order valence-corrected chi connectivity index (χ1v) is 31.4. The van der Waals surface area contributed by atoms with E-state index in [-0.39, 0.29) is 30.5 Å². The molecule has 2 aromatic heterocycles. The monoisotopic (exact) mass is 1240 g/mol. The fraction of sp³-hybridized carbons (Fsp3) is 0.606. The Morgan fingerprint density at radius 2 is 0.910 bits per heavy atom. The third-order valence-corrected chi connectivity index (χ3v) is 14.0. The predicted octanol–water partition coefficient (Wildman–Crippen LogP) is 11.5. The lowest BCUT2D eigenvalue weighted by atomic mass is 9.94. The van der Waals surface area contributed by atoms with Gasteiger partial charge in [-0.1, -0.05) is 45.0 Å². The lowest BCUT2D eigenvalue weighted by Gasteiger charge is -2.31. The number of nitrogens with zero attached hydrogens (tertiary/aromatic N) is 9. The normalized spacial score (nSPS) is 13.9. The molecule has 4 heterocycles. The van der Waals surface area contributed by atoms with Gasteiger partial charge in [0, 0.05) is 83.7 Å². The minimum absolute atomic E-state index is 0.0878. The van der Waals surface area contributed by atoms with Crippen LogP contribution in [0.15, 0.2) is 60.9 Å². The number of aliphatic carboxylic acids is 1. The van der Waals surface area contributed by atoms with Crippen molar-refractivity contribution in [1.29, 1.82) is 0 Å². The molecule has 6 rings (SSSR count). The third kappa shape index (κ3) is 23.8. The number of ether oxygens (including phenoxy) is 4. The number of nitrogens with one attached hydrogen (secondary N) is 3. The molecule has 0 radical (unpaired) electrons. The van der Waals surface area contributed by atoms with Crippen molar-refractivity contribution in [1.82, 2.24) is 29.7 Å². The van der Waals surface area contributed by atoms with Crippen LogP contribution in [0.3, 0.4) is 0 Å². The highest BCUT2D eigenvalue weighted by Gasteiger charge is 2.34. The summed E-state index contributed by atoms with van der Waals surface area (Å²) in [5.41, 5.74) is 0.317. The van der Waals surface area contributed by atoms with Crippen molar-refractivity contribution in [3.63, 3.8) is 0 Å². The van der Waals surface area contributed by atoms with Crippen molar-refractivity contribution >= 4 is 70.9 Å². The second-order valence-electron chi connectivity index (χ2n) is 25.8. The van der Waals surface area contributed by atoms with E-state index >= 15 is 0 Å².